The van der Waals surface area contributed by atoms with Crippen LogP contribution in [0.3, 0.4) is 0 Å². The van der Waals surface area contributed by atoms with E-state index in [9.17, 15) is 4.39 Å². The lowest BCUT2D eigenvalue weighted by Crippen LogP contribution is -2.47. The predicted octanol–water partition coefficient (Wildman–Crippen LogP) is 2.57. The number of anilines is 1. The van der Waals surface area contributed by atoms with E-state index in [0.29, 0.717) is 5.75 Å². The fourth-order valence-electron chi connectivity index (χ4n) is 1.34. The van der Waals surface area contributed by atoms with E-state index >= 15 is 0 Å². The van der Waals surface area contributed by atoms with Crippen molar-refractivity contribution in [2.45, 2.75) is 25.7 Å². The van der Waals surface area contributed by atoms with Crippen molar-refractivity contribution < 1.29 is 9.13 Å². The van der Waals surface area contributed by atoms with Gasteiger partial charge in [0.05, 0.1) is 11.2 Å². The lowest BCUT2D eigenvalue weighted by molar-refractivity contribution is 0.0102. The molecule has 0 saturated carbocycles. The molecule has 1 N–H and O–H groups in total. The summed E-state index contributed by atoms with van der Waals surface area (Å²) in [5.41, 5.74) is 0.190. The quantitative estimate of drug-likeness (QED) is 0.664. The first-order valence-electron chi connectivity index (χ1n) is 4.27. The minimum absolute atomic E-state index is 0.578. The number of nitrogens with one attached hydrogen (secondary N) is 1. The molecule has 1 aliphatic rings. The smallest absolute Gasteiger partial charge is 0.260 e. The number of fused-ring (bicyclic) bond motifs is 1. The number of para-hydroxylation sites is 2. The molecule has 0 aromatic heterocycles. The van der Waals surface area contributed by atoms with Gasteiger partial charge in [-0.3, -0.25) is 0 Å². The Morgan fingerprint density at radius 3 is 2.85 bits per heavy atom. The van der Waals surface area contributed by atoms with Gasteiger partial charge in [-0.15, -0.1) is 0 Å². The molecule has 3 heteroatoms. The molecule has 0 spiro atoms. The van der Waals surface area contributed by atoms with Gasteiger partial charge in [-0.1, -0.05) is 12.1 Å². The van der Waals surface area contributed by atoms with Crippen LogP contribution in [0, 0.1) is 0 Å². The summed E-state index contributed by atoms with van der Waals surface area (Å²) >= 11 is 0. The maximum absolute atomic E-state index is 13.4. The number of hydrogen-bond donors (Lipinski definition) is 1. The van der Waals surface area contributed by atoms with Crippen molar-refractivity contribution in [3.8, 4) is 5.75 Å². The third-order valence-corrected chi connectivity index (χ3v) is 2.14. The molecule has 70 valence electrons. The second-order valence-corrected chi connectivity index (χ2v) is 3.78. The zero-order chi connectivity index (χ0) is 9.47. The van der Waals surface area contributed by atoms with Gasteiger partial charge >= 0.3 is 0 Å². The van der Waals surface area contributed by atoms with Crippen LogP contribution in [0.5, 0.6) is 5.75 Å². The Labute approximate surface area is 76.7 Å². The summed E-state index contributed by atoms with van der Waals surface area (Å²) in [5.74, 6) is 0.578. The number of benzene rings is 1. The second-order valence-electron chi connectivity index (χ2n) is 3.78. The highest BCUT2D eigenvalue weighted by Gasteiger charge is 2.36. The Kier molecular flexibility index (Phi) is 1.68. The zero-order valence-corrected chi connectivity index (χ0v) is 7.67. The van der Waals surface area contributed by atoms with E-state index in [1.807, 2.05) is 18.2 Å². The Hall–Kier alpha value is -1.25. The summed E-state index contributed by atoms with van der Waals surface area (Å²) in [6, 6.07) is 7.35. The second kappa shape index (κ2) is 2.62. The molecular weight excluding hydrogens is 169 g/mol. The van der Waals surface area contributed by atoms with Crippen molar-refractivity contribution in [3.63, 3.8) is 0 Å². The highest BCUT2D eigenvalue weighted by atomic mass is 19.1. The number of hydrogen-bond acceptors (Lipinski definition) is 2. The summed E-state index contributed by atoms with van der Waals surface area (Å²) in [6.07, 6.45) is -1.30. The SMILES string of the molecule is CC1(C)Nc2ccccc2OC1F. The highest BCUT2D eigenvalue weighted by Crippen LogP contribution is 2.35. The fourth-order valence-corrected chi connectivity index (χ4v) is 1.34. The van der Waals surface area contributed by atoms with Gasteiger partial charge < -0.3 is 10.1 Å². The summed E-state index contributed by atoms with van der Waals surface area (Å²) in [5, 5.41) is 3.09. The Bertz CT molecular complexity index is 324. The van der Waals surface area contributed by atoms with Crippen molar-refractivity contribution >= 4 is 5.69 Å². The van der Waals surface area contributed by atoms with E-state index < -0.39 is 11.9 Å². The van der Waals surface area contributed by atoms with Crippen molar-refractivity contribution in [1.82, 2.24) is 0 Å². The third-order valence-electron chi connectivity index (χ3n) is 2.14. The van der Waals surface area contributed by atoms with E-state index in [-0.39, 0.29) is 0 Å². The van der Waals surface area contributed by atoms with E-state index in [1.165, 1.54) is 0 Å². The normalized spacial score (nSPS) is 24.1. The molecule has 2 nitrogen and oxygen atoms in total. The van der Waals surface area contributed by atoms with Gasteiger partial charge in [-0.2, -0.15) is 4.39 Å². The minimum atomic E-state index is -1.30. The van der Waals surface area contributed by atoms with Crippen molar-refractivity contribution in [2.75, 3.05) is 5.32 Å². The summed E-state index contributed by atoms with van der Waals surface area (Å²) in [4.78, 5) is 0. The van der Waals surface area contributed by atoms with E-state index in [4.69, 9.17) is 4.74 Å². The van der Waals surface area contributed by atoms with Crippen LogP contribution in [0.25, 0.3) is 0 Å². The molecule has 1 atom stereocenters. The average Bonchev–Trinajstić information content (AvgIpc) is 2.06. The molecule has 1 aliphatic heterocycles. The molecule has 0 aliphatic carbocycles. The lowest BCUT2D eigenvalue weighted by atomic mass is 10.0. The molecule has 1 aromatic carbocycles. The van der Waals surface area contributed by atoms with E-state index in [0.717, 1.165) is 5.69 Å². The standard InChI is InChI=1S/C10H12FNO/c1-10(2)9(11)13-8-6-4-3-5-7(8)12-10/h3-6,9,12H,1-2H3. The van der Waals surface area contributed by atoms with Crippen molar-refractivity contribution in [3.05, 3.63) is 24.3 Å². The van der Waals surface area contributed by atoms with Crippen LogP contribution in [0.2, 0.25) is 0 Å². The maximum atomic E-state index is 13.4. The summed E-state index contributed by atoms with van der Waals surface area (Å²) in [6.45, 7) is 3.54. The maximum Gasteiger partial charge on any atom is 0.260 e. The van der Waals surface area contributed by atoms with Gasteiger partial charge in [-0.05, 0) is 26.0 Å². The van der Waals surface area contributed by atoms with E-state index in [1.54, 1.807) is 19.9 Å². The van der Waals surface area contributed by atoms with Crippen LogP contribution in [-0.4, -0.2) is 11.9 Å². The van der Waals surface area contributed by atoms with Gasteiger partial charge in [0.25, 0.3) is 6.36 Å². The third kappa shape index (κ3) is 1.34. The van der Waals surface area contributed by atoms with Crippen LogP contribution < -0.4 is 10.1 Å². The summed E-state index contributed by atoms with van der Waals surface area (Å²) in [7, 11) is 0. The Morgan fingerprint density at radius 1 is 1.38 bits per heavy atom. The molecule has 0 amide bonds. The molecule has 1 unspecified atom stereocenters. The zero-order valence-electron chi connectivity index (χ0n) is 7.67. The lowest BCUT2D eigenvalue weighted by Gasteiger charge is -2.36. The monoisotopic (exact) mass is 181 g/mol. The molecule has 0 radical (unpaired) electrons. The van der Waals surface area contributed by atoms with E-state index in [2.05, 4.69) is 5.32 Å². The number of alkyl halides is 1. The number of halogens is 1. The molecule has 0 fully saturated rings. The first kappa shape index (κ1) is 8.35. The average molecular weight is 181 g/mol. The van der Waals surface area contributed by atoms with Crippen LogP contribution in [-0.2, 0) is 0 Å². The fraction of sp³-hybridized carbons (Fsp3) is 0.400. The van der Waals surface area contributed by atoms with Crippen LogP contribution in [0.4, 0.5) is 10.1 Å². The first-order chi connectivity index (χ1) is 6.09. The molecule has 0 bridgehead atoms. The molecule has 1 heterocycles. The predicted molar refractivity (Wildman–Crippen MR) is 49.7 cm³/mol. The van der Waals surface area contributed by atoms with Crippen molar-refractivity contribution in [2.24, 2.45) is 0 Å². The van der Waals surface area contributed by atoms with Gasteiger partial charge in [0, 0.05) is 0 Å². The van der Waals surface area contributed by atoms with Gasteiger partial charge in [0.1, 0.15) is 5.75 Å². The van der Waals surface area contributed by atoms with Gasteiger partial charge in [0.15, 0.2) is 0 Å². The molecule has 2 rings (SSSR count). The number of ether oxygens (including phenoxy) is 1. The van der Waals surface area contributed by atoms with Gasteiger partial charge in [-0.25, -0.2) is 0 Å². The summed E-state index contributed by atoms with van der Waals surface area (Å²) < 4.78 is 18.5. The minimum Gasteiger partial charge on any atom is -0.456 e. The molecule has 1 aromatic rings. The molecular formula is C10H12FNO. The first-order valence-corrected chi connectivity index (χ1v) is 4.27. The van der Waals surface area contributed by atoms with Crippen LogP contribution >= 0.6 is 0 Å². The topological polar surface area (TPSA) is 21.3 Å². The van der Waals surface area contributed by atoms with Gasteiger partial charge in [0.2, 0.25) is 0 Å². The van der Waals surface area contributed by atoms with Crippen LogP contribution in [0.1, 0.15) is 13.8 Å². The Morgan fingerprint density at radius 2 is 2.08 bits per heavy atom. The molecule has 0 saturated heterocycles. The highest BCUT2D eigenvalue weighted by molar-refractivity contribution is 5.59. The largest absolute Gasteiger partial charge is 0.456 e. The van der Waals surface area contributed by atoms with Crippen molar-refractivity contribution in [1.29, 1.82) is 0 Å². The van der Waals surface area contributed by atoms with Crippen LogP contribution in [0.15, 0.2) is 24.3 Å². The molecule has 13 heavy (non-hydrogen) atoms. The Balaban J connectivity index is 2.39. The number of rotatable bonds is 0.